The molecular weight excluding hydrogens is 396 g/mol. The maximum absolute atomic E-state index is 10.3. The second-order valence-corrected chi connectivity index (χ2v) is 7.03. The summed E-state index contributed by atoms with van der Waals surface area (Å²) < 4.78 is 0. The smallest absolute Gasteiger partial charge is 0.327 e. The average Bonchev–Trinajstić information content (AvgIpc) is 2.71. The monoisotopic (exact) mass is 424 g/mol. The molecule has 0 aliphatic rings. The number of hydrogen-bond donors (Lipinski definition) is 5. The highest BCUT2D eigenvalue weighted by Gasteiger charge is 2.26. The Labute approximate surface area is 174 Å². The van der Waals surface area contributed by atoms with Gasteiger partial charge in [0, 0.05) is 6.08 Å². The number of carbonyl (C=O) groups excluding carboxylic acids is 2. The Morgan fingerprint density at radius 1 is 1.00 bits per heavy atom. The third-order valence-electron chi connectivity index (χ3n) is 3.65. The molecule has 0 atom stereocenters. The summed E-state index contributed by atoms with van der Waals surface area (Å²) in [7, 11) is 0. The van der Waals surface area contributed by atoms with Gasteiger partial charge in [-0.3, -0.25) is 0 Å². The number of rotatable bonds is 7. The van der Waals surface area contributed by atoms with Crippen LogP contribution < -0.4 is 0 Å². The van der Waals surface area contributed by atoms with Gasteiger partial charge in [-0.05, 0) is 23.1 Å². The summed E-state index contributed by atoms with van der Waals surface area (Å²) in [6, 6.07) is 5.05. The van der Waals surface area contributed by atoms with E-state index < -0.39 is 37.8 Å². The Morgan fingerprint density at radius 3 is 1.70 bits per heavy atom. The molecule has 0 aliphatic heterocycles. The molecule has 5 N–H and O–H groups in total. The third kappa shape index (κ3) is 11.1. The molecule has 10 nitrogen and oxygen atoms in total. The molecular formula is C20H28N2O8. The third-order valence-corrected chi connectivity index (χ3v) is 3.65. The van der Waals surface area contributed by atoms with Crippen LogP contribution in [0.3, 0.4) is 0 Å². The van der Waals surface area contributed by atoms with Crippen LogP contribution in [-0.4, -0.2) is 70.1 Å². The van der Waals surface area contributed by atoms with Crippen LogP contribution in [0, 0.1) is 5.41 Å². The normalized spacial score (nSPS) is 10.1. The number of hydrogen-bond acceptors (Lipinski definition) is 9. The van der Waals surface area contributed by atoms with Gasteiger partial charge in [0.2, 0.25) is 12.2 Å². The van der Waals surface area contributed by atoms with Gasteiger partial charge >= 0.3 is 5.97 Å². The lowest BCUT2D eigenvalue weighted by Gasteiger charge is -2.23. The molecule has 0 bridgehead atoms. The van der Waals surface area contributed by atoms with E-state index in [1.54, 1.807) is 18.2 Å². The van der Waals surface area contributed by atoms with E-state index in [1.807, 2.05) is 20.8 Å². The molecule has 166 valence electrons. The molecule has 0 saturated heterocycles. The number of isocyanates is 2. The zero-order chi connectivity index (χ0) is 23.8. The number of aliphatic hydroxyl groups excluding tert-OH is 4. The van der Waals surface area contributed by atoms with Crippen molar-refractivity contribution in [1.29, 1.82) is 0 Å². The van der Waals surface area contributed by atoms with Gasteiger partial charge in [0.1, 0.15) is 0 Å². The zero-order valence-electron chi connectivity index (χ0n) is 17.2. The van der Waals surface area contributed by atoms with Crippen molar-refractivity contribution < 1.29 is 39.9 Å². The fraction of sp³-hybridized carbons (Fsp3) is 0.450. The Morgan fingerprint density at radius 2 is 1.43 bits per heavy atom. The molecule has 30 heavy (non-hydrogen) atoms. The molecule has 0 amide bonds. The highest BCUT2D eigenvalue weighted by Crippen LogP contribution is 2.34. The number of carboxylic acids is 1. The van der Waals surface area contributed by atoms with Crippen LogP contribution in [0.15, 0.2) is 40.8 Å². The molecule has 0 aromatic heterocycles. The quantitative estimate of drug-likeness (QED) is 0.245. The minimum absolute atomic E-state index is 0.140. The Balaban J connectivity index is 0. The summed E-state index contributed by atoms with van der Waals surface area (Å²) in [6.45, 7) is 7.36. The molecule has 1 aromatic rings. The maximum Gasteiger partial charge on any atom is 0.327 e. The predicted octanol–water partition coefficient (Wildman–Crippen LogP) is 1.12. The summed E-state index contributed by atoms with van der Waals surface area (Å²) in [5.74, 6) is -0.981. The summed E-state index contributed by atoms with van der Waals surface area (Å²) in [4.78, 5) is 36.8. The van der Waals surface area contributed by atoms with E-state index >= 15 is 0 Å². The van der Waals surface area contributed by atoms with Crippen molar-refractivity contribution in [2.45, 2.75) is 26.2 Å². The van der Waals surface area contributed by atoms with E-state index in [2.05, 4.69) is 16.6 Å². The molecule has 0 spiro atoms. The minimum Gasteiger partial charge on any atom is -0.478 e. The van der Waals surface area contributed by atoms with Crippen LogP contribution in [0.4, 0.5) is 11.4 Å². The maximum atomic E-state index is 10.3. The van der Waals surface area contributed by atoms with E-state index in [1.165, 1.54) is 12.2 Å². The molecule has 10 heteroatoms. The van der Waals surface area contributed by atoms with Crippen LogP contribution in [0.1, 0.15) is 26.3 Å². The second-order valence-electron chi connectivity index (χ2n) is 7.03. The van der Waals surface area contributed by atoms with Gasteiger partial charge in [0.05, 0.1) is 43.2 Å². The molecule has 0 unspecified atom stereocenters. The van der Waals surface area contributed by atoms with Crippen molar-refractivity contribution >= 4 is 29.5 Å². The van der Waals surface area contributed by atoms with Gasteiger partial charge in [-0.25, -0.2) is 14.4 Å². The fourth-order valence-electron chi connectivity index (χ4n) is 1.72. The van der Waals surface area contributed by atoms with Gasteiger partial charge in [0.15, 0.2) is 0 Å². The van der Waals surface area contributed by atoms with E-state index in [0.29, 0.717) is 11.4 Å². The highest BCUT2D eigenvalue weighted by molar-refractivity contribution is 5.78. The van der Waals surface area contributed by atoms with Crippen LogP contribution in [-0.2, 0) is 19.8 Å². The number of carbonyl (C=O) groups is 1. The fourth-order valence-corrected chi connectivity index (χ4v) is 1.72. The summed E-state index contributed by atoms with van der Waals surface area (Å²) in [5.41, 5.74) is 0.566. The van der Waals surface area contributed by atoms with Gasteiger partial charge in [0.25, 0.3) is 0 Å². The van der Waals surface area contributed by atoms with Gasteiger partial charge < -0.3 is 25.5 Å². The molecule has 0 heterocycles. The highest BCUT2D eigenvalue weighted by atomic mass is 16.4. The number of nitrogens with zero attached hydrogens (tertiary/aromatic N) is 2. The standard InChI is InChI=1S/C12H12N2O2.C5H12O4.C3H4O2/c1-12(2,3)10-5-4-9(13-7-15)6-11(10)14-8-16;6-1-5(2-7,3-8)4-9;1-2-3(4)5/h4-6H,1-3H3;6-9H,1-4H2;2H,1H2,(H,4,5). The van der Waals surface area contributed by atoms with Crippen LogP contribution in [0.25, 0.3) is 0 Å². The zero-order valence-corrected chi connectivity index (χ0v) is 17.2. The Kier molecular flexibility index (Phi) is 14.6. The Bertz CT molecular complexity index is 752. The van der Waals surface area contributed by atoms with Crippen molar-refractivity contribution in [2.75, 3.05) is 26.4 Å². The summed E-state index contributed by atoms with van der Waals surface area (Å²) in [5, 5.41) is 41.6. The lowest BCUT2D eigenvalue weighted by atomic mass is 9.86. The lowest BCUT2D eigenvalue weighted by molar-refractivity contribution is -0.131. The number of aliphatic carboxylic acids is 1. The first-order valence-corrected chi connectivity index (χ1v) is 8.59. The SMILES string of the molecule is C=CC(=O)O.CC(C)(C)c1ccc(N=C=O)cc1N=C=O.OCC(CO)(CO)CO. The molecule has 0 radical (unpaired) electrons. The van der Waals surface area contributed by atoms with Crippen LogP contribution >= 0.6 is 0 Å². The molecule has 1 rings (SSSR count). The first-order valence-electron chi connectivity index (χ1n) is 8.59. The van der Waals surface area contributed by atoms with E-state index in [4.69, 9.17) is 25.5 Å². The van der Waals surface area contributed by atoms with Crippen molar-refractivity contribution in [3.8, 4) is 0 Å². The van der Waals surface area contributed by atoms with Crippen LogP contribution in [0.5, 0.6) is 0 Å². The van der Waals surface area contributed by atoms with Gasteiger partial charge in [-0.15, -0.1) is 0 Å². The van der Waals surface area contributed by atoms with Crippen molar-refractivity contribution in [2.24, 2.45) is 15.4 Å². The Hall–Kier alpha value is -2.97. The summed E-state index contributed by atoms with van der Waals surface area (Å²) >= 11 is 0. The van der Waals surface area contributed by atoms with Gasteiger partial charge in [-0.2, -0.15) is 9.98 Å². The van der Waals surface area contributed by atoms with Crippen molar-refractivity contribution in [3.05, 3.63) is 36.4 Å². The van der Waals surface area contributed by atoms with E-state index in [-0.39, 0.29) is 5.41 Å². The minimum atomic E-state index is -1.11. The second kappa shape index (κ2) is 14.9. The number of aliphatic imine (C=N–C) groups is 2. The number of benzene rings is 1. The molecule has 1 aromatic carbocycles. The molecule has 0 fully saturated rings. The largest absolute Gasteiger partial charge is 0.478 e. The number of aliphatic hydroxyl groups is 4. The first-order chi connectivity index (χ1) is 14.0. The van der Waals surface area contributed by atoms with Crippen molar-refractivity contribution in [3.63, 3.8) is 0 Å². The molecule has 0 aliphatic carbocycles. The summed E-state index contributed by atoms with van der Waals surface area (Å²) in [6.07, 6.45) is 3.78. The van der Waals surface area contributed by atoms with Crippen molar-refractivity contribution in [1.82, 2.24) is 0 Å². The average molecular weight is 424 g/mol. The lowest BCUT2D eigenvalue weighted by Crippen LogP contribution is -2.37. The van der Waals surface area contributed by atoms with E-state index in [0.717, 1.165) is 11.6 Å². The number of carboxylic acid groups (broad SMARTS) is 1. The van der Waals surface area contributed by atoms with Gasteiger partial charge in [-0.1, -0.05) is 33.4 Å². The predicted molar refractivity (Wildman–Crippen MR) is 109 cm³/mol. The first kappa shape index (κ1) is 29.2. The van der Waals surface area contributed by atoms with Crippen LogP contribution in [0.2, 0.25) is 0 Å². The van der Waals surface area contributed by atoms with E-state index in [9.17, 15) is 14.4 Å². The topological polar surface area (TPSA) is 177 Å². The molecule has 0 saturated carbocycles.